The van der Waals surface area contributed by atoms with Crippen molar-refractivity contribution in [3.63, 3.8) is 0 Å². The number of ether oxygens (including phenoxy) is 1. The highest BCUT2D eigenvalue weighted by molar-refractivity contribution is 5.85. The van der Waals surface area contributed by atoms with E-state index in [0.717, 1.165) is 12.1 Å². The van der Waals surface area contributed by atoms with Crippen LogP contribution in [0.3, 0.4) is 0 Å². The van der Waals surface area contributed by atoms with Crippen LogP contribution >= 0.6 is 0 Å². The average Bonchev–Trinajstić information content (AvgIpc) is 2.42. The molecule has 0 aromatic heterocycles. The van der Waals surface area contributed by atoms with Gasteiger partial charge in [0.1, 0.15) is 11.8 Å². The Balaban J connectivity index is 2.73. The van der Waals surface area contributed by atoms with E-state index in [1.54, 1.807) is 13.8 Å². The van der Waals surface area contributed by atoms with E-state index in [9.17, 15) is 22.8 Å². The lowest BCUT2D eigenvalue weighted by Gasteiger charge is -2.20. The normalized spacial score (nSPS) is 14.0. The third kappa shape index (κ3) is 6.58. The van der Waals surface area contributed by atoms with Crippen molar-refractivity contribution >= 4 is 11.9 Å². The first-order valence-corrected chi connectivity index (χ1v) is 6.99. The monoisotopic (exact) mass is 333 g/mol. The highest BCUT2D eigenvalue weighted by Gasteiger charge is 2.31. The molecular weight excluding hydrogens is 315 g/mol. The van der Waals surface area contributed by atoms with Crippen LogP contribution in [0, 0.1) is 5.92 Å². The first-order valence-electron chi connectivity index (χ1n) is 6.99. The Morgan fingerprint density at radius 3 is 2.52 bits per heavy atom. The molecule has 0 aliphatic carbocycles. The van der Waals surface area contributed by atoms with E-state index in [1.807, 2.05) is 0 Å². The van der Waals surface area contributed by atoms with E-state index in [-0.39, 0.29) is 17.9 Å². The van der Waals surface area contributed by atoms with Crippen molar-refractivity contribution in [3.8, 4) is 5.75 Å². The van der Waals surface area contributed by atoms with Crippen molar-refractivity contribution in [1.82, 2.24) is 5.32 Å². The van der Waals surface area contributed by atoms with Gasteiger partial charge in [-0.3, -0.25) is 4.79 Å². The van der Waals surface area contributed by atoms with Gasteiger partial charge in [0.05, 0.1) is 6.42 Å². The standard InChI is InChI=1S/C15H18F3NO4/c1-3-9(2)13(14(21)22)19-12(20)8-10-5-4-6-11(7-10)23-15(16,17)18/h4-7,9,13H,3,8H2,1-2H3,(H,19,20)(H,21,22)/t9-,13-/m0/s1. The minimum absolute atomic E-state index is 0.241. The average molecular weight is 333 g/mol. The van der Waals surface area contributed by atoms with Crippen LogP contribution in [-0.2, 0) is 16.0 Å². The molecule has 0 radical (unpaired) electrons. The molecule has 2 atom stereocenters. The molecule has 8 heteroatoms. The van der Waals surface area contributed by atoms with Crippen molar-refractivity contribution in [2.45, 2.75) is 39.1 Å². The number of benzene rings is 1. The maximum absolute atomic E-state index is 12.2. The zero-order valence-electron chi connectivity index (χ0n) is 12.7. The number of carbonyl (C=O) groups is 2. The van der Waals surface area contributed by atoms with Crippen molar-refractivity contribution in [3.05, 3.63) is 29.8 Å². The van der Waals surface area contributed by atoms with Crippen molar-refractivity contribution in [1.29, 1.82) is 0 Å². The predicted molar refractivity (Wildman–Crippen MR) is 75.9 cm³/mol. The van der Waals surface area contributed by atoms with Crippen LogP contribution < -0.4 is 10.1 Å². The Hall–Kier alpha value is -2.25. The first-order chi connectivity index (χ1) is 10.6. The molecule has 0 aliphatic heterocycles. The highest BCUT2D eigenvalue weighted by atomic mass is 19.4. The van der Waals surface area contributed by atoms with Gasteiger partial charge < -0.3 is 15.2 Å². The summed E-state index contributed by atoms with van der Waals surface area (Å²) in [7, 11) is 0. The predicted octanol–water partition coefficient (Wildman–Crippen LogP) is 2.74. The quantitative estimate of drug-likeness (QED) is 0.804. The van der Waals surface area contributed by atoms with E-state index >= 15 is 0 Å². The molecule has 0 spiro atoms. The first kappa shape index (κ1) is 18.8. The fraction of sp³-hybridized carbons (Fsp3) is 0.467. The third-order valence-corrected chi connectivity index (χ3v) is 3.29. The Morgan fingerprint density at radius 2 is 2.00 bits per heavy atom. The van der Waals surface area contributed by atoms with E-state index in [4.69, 9.17) is 5.11 Å². The molecule has 128 valence electrons. The lowest BCUT2D eigenvalue weighted by molar-refractivity contribution is -0.274. The largest absolute Gasteiger partial charge is 0.573 e. The van der Waals surface area contributed by atoms with Gasteiger partial charge in [-0.15, -0.1) is 13.2 Å². The summed E-state index contributed by atoms with van der Waals surface area (Å²) < 4.78 is 40.2. The number of carboxylic acid groups (broad SMARTS) is 1. The number of hydrogen-bond donors (Lipinski definition) is 2. The third-order valence-electron chi connectivity index (χ3n) is 3.29. The molecule has 0 bridgehead atoms. The fourth-order valence-corrected chi connectivity index (χ4v) is 1.95. The van der Waals surface area contributed by atoms with Crippen LogP contribution in [0.15, 0.2) is 24.3 Å². The molecule has 0 heterocycles. The SMILES string of the molecule is CC[C@H](C)[C@H](NC(=O)Cc1cccc(OC(F)(F)F)c1)C(=O)O. The van der Waals surface area contributed by atoms with Gasteiger partial charge in [0, 0.05) is 0 Å². The molecule has 0 fully saturated rings. The highest BCUT2D eigenvalue weighted by Crippen LogP contribution is 2.23. The summed E-state index contributed by atoms with van der Waals surface area (Å²) >= 11 is 0. The van der Waals surface area contributed by atoms with Gasteiger partial charge in [-0.2, -0.15) is 0 Å². The van der Waals surface area contributed by atoms with E-state index in [0.29, 0.717) is 6.42 Å². The van der Waals surface area contributed by atoms with Gasteiger partial charge in [0.15, 0.2) is 0 Å². The number of rotatable bonds is 7. The smallest absolute Gasteiger partial charge is 0.480 e. The Morgan fingerprint density at radius 1 is 1.35 bits per heavy atom. The Bertz CT molecular complexity index is 560. The number of aliphatic carboxylic acids is 1. The van der Waals surface area contributed by atoms with Gasteiger partial charge in [0.2, 0.25) is 5.91 Å². The maximum Gasteiger partial charge on any atom is 0.573 e. The van der Waals surface area contributed by atoms with Crippen LogP contribution in [0.2, 0.25) is 0 Å². The molecule has 1 aromatic carbocycles. The van der Waals surface area contributed by atoms with Gasteiger partial charge >= 0.3 is 12.3 Å². The van der Waals surface area contributed by atoms with Gasteiger partial charge in [-0.25, -0.2) is 4.79 Å². The molecule has 0 aliphatic rings. The molecule has 1 amide bonds. The van der Waals surface area contributed by atoms with Crippen LogP contribution in [0.5, 0.6) is 5.75 Å². The lowest BCUT2D eigenvalue weighted by atomic mass is 9.99. The lowest BCUT2D eigenvalue weighted by Crippen LogP contribution is -2.45. The summed E-state index contributed by atoms with van der Waals surface area (Å²) in [5.41, 5.74) is 0.289. The van der Waals surface area contributed by atoms with E-state index in [1.165, 1.54) is 12.1 Å². The van der Waals surface area contributed by atoms with Crippen LogP contribution in [0.1, 0.15) is 25.8 Å². The minimum Gasteiger partial charge on any atom is -0.480 e. The van der Waals surface area contributed by atoms with Gasteiger partial charge in [0.25, 0.3) is 0 Å². The summed E-state index contributed by atoms with van der Waals surface area (Å²) in [5, 5.41) is 11.5. The Kier molecular flexibility index (Phi) is 6.41. The molecule has 0 unspecified atom stereocenters. The molecule has 2 N–H and O–H groups in total. The topological polar surface area (TPSA) is 75.6 Å². The van der Waals surface area contributed by atoms with Crippen molar-refractivity contribution in [2.75, 3.05) is 0 Å². The second kappa shape index (κ2) is 7.85. The molecular formula is C15H18F3NO4. The number of halogens is 3. The fourth-order valence-electron chi connectivity index (χ4n) is 1.95. The summed E-state index contributed by atoms with van der Waals surface area (Å²) in [6.45, 7) is 3.49. The zero-order chi connectivity index (χ0) is 17.6. The van der Waals surface area contributed by atoms with Crippen LogP contribution in [0.4, 0.5) is 13.2 Å². The number of carboxylic acids is 1. The molecule has 1 aromatic rings. The van der Waals surface area contributed by atoms with Crippen molar-refractivity contribution < 1.29 is 32.6 Å². The van der Waals surface area contributed by atoms with E-state index in [2.05, 4.69) is 10.1 Å². The summed E-state index contributed by atoms with van der Waals surface area (Å²) in [5.74, 6) is -2.43. The second-order valence-corrected chi connectivity index (χ2v) is 5.14. The number of amides is 1. The van der Waals surface area contributed by atoms with Crippen LogP contribution in [0.25, 0.3) is 0 Å². The number of hydrogen-bond acceptors (Lipinski definition) is 3. The molecule has 1 rings (SSSR count). The van der Waals surface area contributed by atoms with Crippen LogP contribution in [-0.4, -0.2) is 29.4 Å². The van der Waals surface area contributed by atoms with Crippen molar-refractivity contribution in [2.24, 2.45) is 5.92 Å². The number of alkyl halides is 3. The molecule has 23 heavy (non-hydrogen) atoms. The summed E-state index contributed by atoms with van der Waals surface area (Å²) in [6.07, 6.45) is -4.49. The minimum atomic E-state index is -4.81. The number of nitrogens with one attached hydrogen (secondary N) is 1. The maximum atomic E-state index is 12.2. The zero-order valence-corrected chi connectivity index (χ0v) is 12.7. The molecule has 0 saturated heterocycles. The Labute approximate surface area is 131 Å². The van der Waals surface area contributed by atoms with E-state index < -0.39 is 30.0 Å². The molecule has 0 saturated carbocycles. The summed E-state index contributed by atoms with van der Waals surface area (Å²) in [6, 6.07) is 3.96. The second-order valence-electron chi connectivity index (χ2n) is 5.14. The molecule has 5 nitrogen and oxygen atoms in total. The van der Waals surface area contributed by atoms with Gasteiger partial charge in [-0.1, -0.05) is 32.4 Å². The summed E-state index contributed by atoms with van der Waals surface area (Å²) in [4.78, 5) is 23.0. The number of carbonyl (C=O) groups excluding carboxylic acids is 1. The van der Waals surface area contributed by atoms with Gasteiger partial charge in [-0.05, 0) is 23.6 Å².